The van der Waals surface area contributed by atoms with E-state index in [0.29, 0.717) is 18.5 Å². The fraction of sp³-hybridized carbons (Fsp3) is 0.167. The van der Waals surface area contributed by atoms with E-state index >= 15 is 0 Å². The van der Waals surface area contributed by atoms with Gasteiger partial charge >= 0.3 is 0 Å². The minimum atomic E-state index is -0.324. The van der Waals surface area contributed by atoms with Crippen LogP contribution in [0.5, 0.6) is 0 Å². The fourth-order valence-corrected chi connectivity index (χ4v) is 1.43. The standard InChI is InChI=1S/C12H11FN2O2/c13-10-4-2-1-3-9(10)5-6-14-12(16)11-7-17-8-15-11/h1-4,7-8H,5-6H2,(H,14,16). The summed E-state index contributed by atoms with van der Waals surface area (Å²) in [5.74, 6) is -0.585. The maximum atomic E-state index is 13.2. The van der Waals surface area contributed by atoms with E-state index in [1.54, 1.807) is 18.2 Å². The van der Waals surface area contributed by atoms with Gasteiger partial charge in [0.15, 0.2) is 12.1 Å². The summed E-state index contributed by atoms with van der Waals surface area (Å²) in [6, 6.07) is 6.48. The lowest BCUT2D eigenvalue weighted by molar-refractivity contribution is 0.0949. The molecule has 0 bridgehead atoms. The van der Waals surface area contributed by atoms with Crippen molar-refractivity contribution in [2.24, 2.45) is 0 Å². The Kier molecular flexibility index (Phi) is 3.49. The normalized spacial score (nSPS) is 10.2. The molecule has 4 nitrogen and oxygen atoms in total. The van der Waals surface area contributed by atoms with Gasteiger partial charge in [-0.1, -0.05) is 18.2 Å². The second kappa shape index (κ2) is 5.25. The van der Waals surface area contributed by atoms with Gasteiger partial charge in [-0.2, -0.15) is 0 Å². The molecular formula is C12H11FN2O2. The van der Waals surface area contributed by atoms with Crippen molar-refractivity contribution in [2.75, 3.05) is 6.54 Å². The summed E-state index contributed by atoms with van der Waals surface area (Å²) >= 11 is 0. The van der Waals surface area contributed by atoms with E-state index < -0.39 is 0 Å². The van der Waals surface area contributed by atoms with Gasteiger partial charge in [0.1, 0.15) is 12.1 Å². The van der Waals surface area contributed by atoms with Crippen LogP contribution >= 0.6 is 0 Å². The summed E-state index contributed by atoms with van der Waals surface area (Å²) in [5, 5.41) is 2.63. The van der Waals surface area contributed by atoms with Crippen LogP contribution in [0.2, 0.25) is 0 Å². The molecule has 0 radical (unpaired) electrons. The van der Waals surface area contributed by atoms with E-state index in [1.807, 2.05) is 0 Å². The van der Waals surface area contributed by atoms with E-state index in [4.69, 9.17) is 0 Å². The van der Waals surface area contributed by atoms with Gasteiger partial charge < -0.3 is 9.73 Å². The van der Waals surface area contributed by atoms with Crippen molar-refractivity contribution in [3.63, 3.8) is 0 Å². The highest BCUT2D eigenvalue weighted by Crippen LogP contribution is 2.06. The van der Waals surface area contributed by atoms with Gasteiger partial charge in [0, 0.05) is 6.54 Å². The topological polar surface area (TPSA) is 55.1 Å². The molecule has 0 saturated heterocycles. The minimum Gasteiger partial charge on any atom is -0.451 e. The molecule has 2 rings (SSSR count). The average Bonchev–Trinajstić information content (AvgIpc) is 2.85. The van der Waals surface area contributed by atoms with Crippen LogP contribution in [0.3, 0.4) is 0 Å². The zero-order valence-corrected chi connectivity index (χ0v) is 9.02. The van der Waals surface area contributed by atoms with Gasteiger partial charge in [-0.25, -0.2) is 9.37 Å². The van der Waals surface area contributed by atoms with Gasteiger partial charge in [0.25, 0.3) is 5.91 Å². The number of nitrogens with one attached hydrogen (secondary N) is 1. The van der Waals surface area contributed by atoms with E-state index in [0.717, 1.165) is 0 Å². The number of carbonyl (C=O) groups excluding carboxylic acids is 1. The molecule has 0 fully saturated rings. The van der Waals surface area contributed by atoms with Gasteiger partial charge in [-0.05, 0) is 18.1 Å². The first kappa shape index (κ1) is 11.3. The third-order valence-corrected chi connectivity index (χ3v) is 2.30. The van der Waals surface area contributed by atoms with Crippen LogP contribution in [0.25, 0.3) is 0 Å². The van der Waals surface area contributed by atoms with E-state index in [2.05, 4.69) is 14.7 Å². The van der Waals surface area contributed by atoms with Crippen molar-refractivity contribution >= 4 is 5.91 Å². The monoisotopic (exact) mass is 234 g/mol. The molecule has 2 aromatic rings. The number of amides is 1. The second-order valence-electron chi connectivity index (χ2n) is 3.47. The minimum absolute atomic E-state index is 0.221. The first-order valence-corrected chi connectivity index (χ1v) is 5.17. The summed E-state index contributed by atoms with van der Waals surface area (Å²) < 4.78 is 17.9. The second-order valence-corrected chi connectivity index (χ2v) is 3.47. The highest BCUT2D eigenvalue weighted by atomic mass is 19.1. The summed E-state index contributed by atoms with van der Waals surface area (Å²) in [4.78, 5) is 15.2. The Labute approximate surface area is 97.5 Å². The number of oxazole rings is 1. The van der Waals surface area contributed by atoms with Crippen molar-refractivity contribution < 1.29 is 13.6 Å². The number of carbonyl (C=O) groups is 1. The number of nitrogens with zero attached hydrogens (tertiary/aromatic N) is 1. The maximum Gasteiger partial charge on any atom is 0.273 e. The Balaban J connectivity index is 1.84. The molecule has 1 heterocycles. The number of halogens is 1. The molecule has 1 aromatic heterocycles. The predicted molar refractivity (Wildman–Crippen MR) is 58.9 cm³/mol. The molecule has 17 heavy (non-hydrogen) atoms. The van der Waals surface area contributed by atoms with Crippen molar-refractivity contribution in [1.29, 1.82) is 0 Å². The smallest absolute Gasteiger partial charge is 0.273 e. The molecule has 0 saturated carbocycles. The molecule has 5 heteroatoms. The Hall–Kier alpha value is -2.17. The number of hydrogen-bond acceptors (Lipinski definition) is 3. The van der Waals surface area contributed by atoms with Gasteiger partial charge in [-0.3, -0.25) is 4.79 Å². The number of hydrogen-bond donors (Lipinski definition) is 1. The lowest BCUT2D eigenvalue weighted by Gasteiger charge is -2.04. The Morgan fingerprint density at radius 1 is 1.41 bits per heavy atom. The zero-order valence-electron chi connectivity index (χ0n) is 9.02. The first-order chi connectivity index (χ1) is 8.27. The maximum absolute atomic E-state index is 13.2. The van der Waals surface area contributed by atoms with Crippen molar-refractivity contribution in [3.05, 3.63) is 54.0 Å². The zero-order chi connectivity index (χ0) is 12.1. The average molecular weight is 234 g/mol. The Bertz CT molecular complexity index is 497. The van der Waals surface area contributed by atoms with Crippen LogP contribution in [-0.4, -0.2) is 17.4 Å². The lowest BCUT2D eigenvalue weighted by Crippen LogP contribution is -2.26. The van der Waals surface area contributed by atoms with Crippen LogP contribution in [0.4, 0.5) is 4.39 Å². The Morgan fingerprint density at radius 2 is 2.24 bits per heavy atom. The molecule has 1 amide bonds. The third kappa shape index (κ3) is 2.90. The van der Waals surface area contributed by atoms with Crippen LogP contribution in [0.15, 0.2) is 41.3 Å². The highest BCUT2D eigenvalue weighted by molar-refractivity contribution is 5.91. The molecule has 88 valence electrons. The van der Waals surface area contributed by atoms with E-state index in [-0.39, 0.29) is 17.4 Å². The molecular weight excluding hydrogens is 223 g/mol. The Morgan fingerprint density at radius 3 is 2.94 bits per heavy atom. The third-order valence-electron chi connectivity index (χ3n) is 2.30. The number of rotatable bonds is 4. The molecule has 0 spiro atoms. The molecule has 0 aliphatic carbocycles. The van der Waals surface area contributed by atoms with Crippen molar-refractivity contribution in [3.8, 4) is 0 Å². The molecule has 1 aromatic carbocycles. The van der Waals surface area contributed by atoms with Gasteiger partial charge in [0.05, 0.1) is 0 Å². The molecule has 0 aliphatic rings. The van der Waals surface area contributed by atoms with Crippen molar-refractivity contribution in [1.82, 2.24) is 10.3 Å². The summed E-state index contributed by atoms with van der Waals surface area (Å²) in [6.07, 6.45) is 2.89. The van der Waals surface area contributed by atoms with Crippen LogP contribution in [0, 0.1) is 5.82 Å². The van der Waals surface area contributed by atoms with E-state index in [1.165, 1.54) is 18.7 Å². The SMILES string of the molecule is O=C(NCCc1ccccc1F)c1cocn1. The molecule has 0 unspecified atom stereocenters. The van der Waals surface area contributed by atoms with Gasteiger partial charge in [0.2, 0.25) is 0 Å². The first-order valence-electron chi connectivity index (χ1n) is 5.17. The molecule has 1 N–H and O–H groups in total. The largest absolute Gasteiger partial charge is 0.451 e. The summed E-state index contributed by atoms with van der Waals surface area (Å²) in [6.45, 7) is 0.354. The highest BCUT2D eigenvalue weighted by Gasteiger charge is 2.08. The fourth-order valence-electron chi connectivity index (χ4n) is 1.43. The van der Waals surface area contributed by atoms with Crippen molar-refractivity contribution in [2.45, 2.75) is 6.42 Å². The summed E-state index contributed by atoms with van der Waals surface area (Å²) in [7, 11) is 0. The lowest BCUT2D eigenvalue weighted by atomic mass is 10.1. The van der Waals surface area contributed by atoms with Crippen LogP contribution in [0.1, 0.15) is 16.1 Å². The molecule has 0 atom stereocenters. The van der Waals surface area contributed by atoms with Crippen LogP contribution < -0.4 is 5.32 Å². The summed E-state index contributed by atoms with van der Waals surface area (Å²) in [5.41, 5.74) is 0.798. The van der Waals surface area contributed by atoms with E-state index in [9.17, 15) is 9.18 Å². The van der Waals surface area contributed by atoms with Crippen LogP contribution in [-0.2, 0) is 6.42 Å². The quantitative estimate of drug-likeness (QED) is 0.877. The molecule has 0 aliphatic heterocycles. The number of aromatic nitrogens is 1. The predicted octanol–water partition coefficient (Wildman–Crippen LogP) is 1.79. The number of benzene rings is 1. The van der Waals surface area contributed by atoms with Gasteiger partial charge in [-0.15, -0.1) is 0 Å².